The van der Waals surface area contributed by atoms with E-state index in [9.17, 15) is 4.79 Å². The van der Waals surface area contributed by atoms with Crippen LogP contribution in [0.4, 0.5) is 0 Å². The smallest absolute Gasteiger partial charge is 0.310 e. The molecule has 0 aliphatic rings. The van der Waals surface area contributed by atoms with Crippen LogP contribution < -0.4 is 4.74 Å². The van der Waals surface area contributed by atoms with Gasteiger partial charge in [-0.3, -0.25) is 4.79 Å². The first-order valence-electron chi connectivity index (χ1n) is 6.50. The predicted molar refractivity (Wildman–Crippen MR) is 82.4 cm³/mol. The van der Waals surface area contributed by atoms with E-state index in [1.807, 2.05) is 42.5 Å². The van der Waals surface area contributed by atoms with Crippen LogP contribution in [-0.4, -0.2) is 5.97 Å². The van der Waals surface area contributed by atoms with Crippen molar-refractivity contribution in [1.82, 2.24) is 0 Å². The molecule has 100 valence electrons. The van der Waals surface area contributed by atoms with Gasteiger partial charge in [-0.1, -0.05) is 48.9 Å². The van der Waals surface area contributed by atoms with Crippen LogP contribution in [0.3, 0.4) is 0 Å². The number of carbonyl (C=O) groups is 1. The fourth-order valence-electron chi connectivity index (χ4n) is 2.29. The van der Waals surface area contributed by atoms with E-state index >= 15 is 0 Å². The van der Waals surface area contributed by atoms with E-state index in [4.69, 9.17) is 16.3 Å². The van der Waals surface area contributed by atoms with Crippen LogP contribution in [0.5, 0.6) is 5.75 Å². The molecule has 0 heterocycles. The van der Waals surface area contributed by atoms with Crippen molar-refractivity contribution in [2.24, 2.45) is 0 Å². The summed E-state index contributed by atoms with van der Waals surface area (Å²) >= 11 is 6.07. The van der Waals surface area contributed by atoms with Crippen molar-refractivity contribution in [3.05, 3.63) is 53.6 Å². The Kier molecular flexibility index (Phi) is 3.33. The molecule has 0 saturated heterocycles. The van der Waals surface area contributed by atoms with Crippen molar-refractivity contribution in [3.8, 4) is 5.75 Å². The maximum atomic E-state index is 11.7. The Balaban J connectivity index is 2.38. The molecule has 0 bridgehead atoms. The zero-order chi connectivity index (χ0) is 14.1. The number of hydrogen-bond donors (Lipinski definition) is 0. The summed E-state index contributed by atoms with van der Waals surface area (Å²) in [7, 11) is 0. The SMILES string of the molecule is CCC(=O)Oc1c2ccccc2cc2ccc(Cl)cc12. The zero-order valence-corrected chi connectivity index (χ0v) is 11.8. The van der Waals surface area contributed by atoms with Crippen LogP contribution in [0.15, 0.2) is 48.5 Å². The van der Waals surface area contributed by atoms with Gasteiger partial charge in [-0.2, -0.15) is 0 Å². The molecule has 2 nitrogen and oxygen atoms in total. The molecule has 0 aliphatic carbocycles. The van der Waals surface area contributed by atoms with Crippen molar-refractivity contribution in [1.29, 1.82) is 0 Å². The highest BCUT2D eigenvalue weighted by molar-refractivity contribution is 6.31. The van der Waals surface area contributed by atoms with Gasteiger partial charge in [0.15, 0.2) is 0 Å². The Bertz CT molecular complexity index is 809. The third-order valence-electron chi connectivity index (χ3n) is 3.28. The Morgan fingerprint density at radius 2 is 1.80 bits per heavy atom. The maximum absolute atomic E-state index is 11.7. The van der Waals surface area contributed by atoms with Crippen molar-refractivity contribution < 1.29 is 9.53 Å². The van der Waals surface area contributed by atoms with Crippen LogP contribution in [-0.2, 0) is 4.79 Å². The first-order valence-corrected chi connectivity index (χ1v) is 6.88. The first kappa shape index (κ1) is 12.9. The standard InChI is InChI=1S/C17H13ClO2/c1-2-16(19)20-17-14-6-4-3-5-11(14)9-12-7-8-13(18)10-15(12)17/h3-10H,2H2,1H3. The highest BCUT2D eigenvalue weighted by Crippen LogP contribution is 2.36. The molecule has 0 spiro atoms. The fraction of sp³-hybridized carbons (Fsp3) is 0.118. The van der Waals surface area contributed by atoms with Crippen LogP contribution in [0, 0.1) is 0 Å². The summed E-state index contributed by atoms with van der Waals surface area (Å²) in [4.78, 5) is 11.7. The van der Waals surface area contributed by atoms with E-state index in [1.165, 1.54) is 0 Å². The van der Waals surface area contributed by atoms with E-state index < -0.39 is 0 Å². The second kappa shape index (κ2) is 5.14. The van der Waals surface area contributed by atoms with Gasteiger partial charge in [-0.15, -0.1) is 0 Å². The molecule has 0 atom stereocenters. The van der Waals surface area contributed by atoms with Crippen LogP contribution in [0.1, 0.15) is 13.3 Å². The minimum absolute atomic E-state index is 0.248. The van der Waals surface area contributed by atoms with Gasteiger partial charge < -0.3 is 4.74 Å². The number of fused-ring (bicyclic) bond motifs is 2. The molecular weight excluding hydrogens is 272 g/mol. The summed E-state index contributed by atoms with van der Waals surface area (Å²) in [6, 6.07) is 15.5. The molecule has 0 N–H and O–H groups in total. The molecule has 0 aliphatic heterocycles. The quantitative estimate of drug-likeness (QED) is 0.378. The molecule has 0 radical (unpaired) electrons. The second-order valence-electron chi connectivity index (χ2n) is 4.62. The number of hydrogen-bond acceptors (Lipinski definition) is 2. The van der Waals surface area contributed by atoms with Crippen LogP contribution >= 0.6 is 11.6 Å². The van der Waals surface area contributed by atoms with Crippen molar-refractivity contribution in [2.75, 3.05) is 0 Å². The number of ether oxygens (including phenoxy) is 1. The van der Waals surface area contributed by atoms with Gasteiger partial charge in [0, 0.05) is 22.2 Å². The minimum Gasteiger partial charge on any atom is -0.425 e. The summed E-state index contributed by atoms with van der Waals surface area (Å²) in [6.45, 7) is 1.78. The number of carbonyl (C=O) groups excluding carboxylic acids is 1. The Labute approximate surface area is 121 Å². The summed E-state index contributed by atoms with van der Waals surface area (Å²) in [6.07, 6.45) is 0.339. The molecule has 3 aromatic carbocycles. The molecule has 3 heteroatoms. The van der Waals surface area contributed by atoms with Gasteiger partial charge in [0.25, 0.3) is 0 Å². The predicted octanol–water partition coefficient (Wildman–Crippen LogP) is 4.96. The molecule has 0 unspecified atom stereocenters. The lowest BCUT2D eigenvalue weighted by Gasteiger charge is -2.11. The Morgan fingerprint density at radius 1 is 1.05 bits per heavy atom. The molecule has 3 rings (SSSR count). The van der Waals surface area contributed by atoms with Crippen molar-refractivity contribution in [2.45, 2.75) is 13.3 Å². The summed E-state index contributed by atoms with van der Waals surface area (Å²) < 4.78 is 5.55. The van der Waals surface area contributed by atoms with E-state index in [2.05, 4.69) is 6.07 Å². The highest BCUT2D eigenvalue weighted by Gasteiger charge is 2.12. The largest absolute Gasteiger partial charge is 0.425 e. The van der Waals surface area contributed by atoms with Gasteiger partial charge in [0.1, 0.15) is 5.75 Å². The maximum Gasteiger partial charge on any atom is 0.310 e. The molecule has 3 aromatic rings. The Morgan fingerprint density at radius 3 is 2.60 bits per heavy atom. The summed E-state index contributed by atoms with van der Waals surface area (Å²) in [5.41, 5.74) is 0. The fourth-order valence-corrected chi connectivity index (χ4v) is 2.46. The van der Waals surface area contributed by atoms with Gasteiger partial charge in [-0.25, -0.2) is 0 Å². The van der Waals surface area contributed by atoms with E-state index in [1.54, 1.807) is 6.92 Å². The second-order valence-corrected chi connectivity index (χ2v) is 5.06. The zero-order valence-electron chi connectivity index (χ0n) is 11.0. The Hall–Kier alpha value is -2.06. The minimum atomic E-state index is -0.248. The third-order valence-corrected chi connectivity index (χ3v) is 3.52. The summed E-state index contributed by atoms with van der Waals surface area (Å²) in [5, 5.41) is 4.46. The lowest BCUT2D eigenvalue weighted by atomic mass is 10.0. The van der Waals surface area contributed by atoms with Gasteiger partial charge in [-0.05, 0) is 29.0 Å². The number of esters is 1. The first-order chi connectivity index (χ1) is 9.69. The third kappa shape index (κ3) is 2.23. The van der Waals surface area contributed by atoms with Gasteiger partial charge >= 0.3 is 5.97 Å². The molecule has 0 fully saturated rings. The van der Waals surface area contributed by atoms with Gasteiger partial charge in [0.05, 0.1) is 0 Å². The monoisotopic (exact) mass is 284 g/mol. The number of rotatable bonds is 2. The van der Waals surface area contributed by atoms with Crippen LogP contribution in [0.2, 0.25) is 5.02 Å². The lowest BCUT2D eigenvalue weighted by molar-refractivity contribution is -0.133. The normalized spacial score (nSPS) is 10.9. The topological polar surface area (TPSA) is 26.3 Å². The van der Waals surface area contributed by atoms with Crippen LogP contribution in [0.25, 0.3) is 21.5 Å². The molecule has 0 aromatic heterocycles. The molecule has 0 amide bonds. The average Bonchev–Trinajstić information content (AvgIpc) is 2.47. The molecule has 0 saturated carbocycles. The molecular formula is C17H13ClO2. The van der Waals surface area contributed by atoms with E-state index in [0.29, 0.717) is 17.2 Å². The van der Waals surface area contributed by atoms with Gasteiger partial charge in [0.2, 0.25) is 0 Å². The lowest BCUT2D eigenvalue weighted by Crippen LogP contribution is -2.06. The number of halogens is 1. The van der Waals surface area contributed by atoms with E-state index in [0.717, 1.165) is 21.5 Å². The number of benzene rings is 3. The summed E-state index contributed by atoms with van der Waals surface area (Å²) in [5.74, 6) is 0.343. The highest BCUT2D eigenvalue weighted by atomic mass is 35.5. The molecule has 20 heavy (non-hydrogen) atoms. The average molecular weight is 285 g/mol. The van der Waals surface area contributed by atoms with Crippen molar-refractivity contribution >= 4 is 39.1 Å². The van der Waals surface area contributed by atoms with E-state index in [-0.39, 0.29) is 5.97 Å². The van der Waals surface area contributed by atoms with Crippen molar-refractivity contribution in [3.63, 3.8) is 0 Å².